The zero-order chi connectivity index (χ0) is 22.8. The summed E-state index contributed by atoms with van der Waals surface area (Å²) in [5.41, 5.74) is 2.22. The van der Waals surface area contributed by atoms with E-state index < -0.39 is 0 Å². The molecule has 0 unspecified atom stereocenters. The summed E-state index contributed by atoms with van der Waals surface area (Å²) in [5.74, 6) is 0.269. The Labute approximate surface area is 190 Å². The van der Waals surface area contributed by atoms with Crippen LogP contribution in [-0.4, -0.2) is 32.4 Å². The molecule has 0 aliphatic carbocycles. The van der Waals surface area contributed by atoms with Crippen molar-refractivity contribution in [3.63, 3.8) is 0 Å². The number of aromatic nitrogens is 4. The van der Waals surface area contributed by atoms with E-state index in [-0.39, 0.29) is 23.4 Å². The Bertz CT molecular complexity index is 1310. The molecule has 3 heterocycles. The zero-order valence-electron chi connectivity index (χ0n) is 18.2. The number of hydrogen-bond donors (Lipinski definition) is 1. The van der Waals surface area contributed by atoms with Crippen molar-refractivity contribution in [3.05, 3.63) is 83.0 Å². The van der Waals surface area contributed by atoms with Gasteiger partial charge in [-0.25, -0.2) is 14.1 Å². The van der Waals surface area contributed by atoms with Gasteiger partial charge >= 0.3 is 6.01 Å². The van der Waals surface area contributed by atoms with E-state index in [1.807, 2.05) is 42.1 Å². The van der Waals surface area contributed by atoms with Gasteiger partial charge in [0.15, 0.2) is 0 Å². The maximum absolute atomic E-state index is 13.7. The van der Waals surface area contributed by atoms with E-state index in [1.165, 1.54) is 12.1 Å². The molecule has 33 heavy (non-hydrogen) atoms. The van der Waals surface area contributed by atoms with E-state index in [0.717, 1.165) is 25.9 Å². The van der Waals surface area contributed by atoms with E-state index in [0.29, 0.717) is 28.3 Å². The van der Waals surface area contributed by atoms with E-state index in [1.54, 1.807) is 29.1 Å². The Kier molecular flexibility index (Phi) is 5.75. The fourth-order valence-electron chi connectivity index (χ4n) is 4.37. The van der Waals surface area contributed by atoms with E-state index in [9.17, 15) is 9.18 Å². The molecule has 168 valence electrons. The summed E-state index contributed by atoms with van der Waals surface area (Å²) in [6.07, 6.45) is 3.32. The van der Waals surface area contributed by atoms with E-state index >= 15 is 0 Å². The van der Waals surface area contributed by atoms with E-state index in [2.05, 4.69) is 15.3 Å². The minimum atomic E-state index is -0.351. The highest BCUT2D eigenvalue weighted by Gasteiger charge is 2.27. The third-order valence-electron chi connectivity index (χ3n) is 5.92. The Morgan fingerprint density at radius 1 is 1.03 bits per heavy atom. The predicted molar refractivity (Wildman–Crippen MR) is 124 cm³/mol. The molecule has 0 amide bonds. The summed E-state index contributed by atoms with van der Waals surface area (Å²) in [7, 11) is 1.87. The molecule has 2 aromatic heterocycles. The second kappa shape index (κ2) is 8.99. The van der Waals surface area contributed by atoms with Crippen LogP contribution in [0.3, 0.4) is 0 Å². The predicted octanol–water partition coefficient (Wildman–Crippen LogP) is 4.17. The molecule has 1 fully saturated rings. The number of nitrogens with zero attached hydrogens (tertiary/aromatic N) is 4. The topological polar surface area (TPSA) is 74.0 Å². The van der Waals surface area contributed by atoms with Crippen LogP contribution >= 0.6 is 0 Å². The second-order valence-corrected chi connectivity index (χ2v) is 8.02. The Balaban J connectivity index is 1.65. The fraction of sp³-hybridized carbons (Fsp3) is 0.240. The average Bonchev–Trinajstić information content (AvgIpc) is 3.11. The van der Waals surface area contributed by atoms with Gasteiger partial charge in [-0.3, -0.25) is 9.48 Å². The number of halogens is 1. The molecule has 1 aliphatic rings. The molecule has 0 bridgehead atoms. The summed E-state index contributed by atoms with van der Waals surface area (Å²) in [6.45, 7) is 1.71. The molecule has 1 aliphatic heterocycles. The lowest BCUT2D eigenvalue weighted by molar-refractivity contribution is 0.307. The lowest BCUT2D eigenvalue weighted by atomic mass is 10.0. The lowest BCUT2D eigenvalue weighted by Crippen LogP contribution is -2.35. The number of piperidine rings is 1. The minimum absolute atomic E-state index is 0.0681. The minimum Gasteiger partial charge on any atom is -0.424 e. The quantitative estimate of drug-likeness (QED) is 0.499. The first-order valence-corrected chi connectivity index (χ1v) is 11.0. The van der Waals surface area contributed by atoms with Gasteiger partial charge in [-0.05, 0) is 61.8 Å². The van der Waals surface area contributed by atoms with Gasteiger partial charge in [0.05, 0.1) is 23.0 Å². The van der Waals surface area contributed by atoms with Crippen molar-refractivity contribution in [2.45, 2.75) is 18.9 Å². The van der Waals surface area contributed by atoms with Gasteiger partial charge in [0, 0.05) is 13.2 Å². The van der Waals surface area contributed by atoms with Crippen LogP contribution in [0.5, 0.6) is 11.8 Å². The van der Waals surface area contributed by atoms with Crippen molar-refractivity contribution >= 4 is 0 Å². The molecule has 0 saturated carbocycles. The van der Waals surface area contributed by atoms with Gasteiger partial charge in [0.1, 0.15) is 11.6 Å². The molecular formula is C25H24FN5O2. The third kappa shape index (κ3) is 4.17. The van der Waals surface area contributed by atoms with Crippen molar-refractivity contribution in [2.24, 2.45) is 7.05 Å². The highest BCUT2D eigenvalue weighted by molar-refractivity contribution is 5.79. The Hall–Kier alpha value is -3.78. The van der Waals surface area contributed by atoms with Gasteiger partial charge in [0.25, 0.3) is 5.56 Å². The number of ether oxygens (including phenoxy) is 1. The molecule has 1 saturated heterocycles. The normalized spacial score (nSPS) is 14.4. The van der Waals surface area contributed by atoms with Crippen LogP contribution in [0.4, 0.5) is 4.39 Å². The van der Waals surface area contributed by atoms with Crippen molar-refractivity contribution in [3.8, 4) is 34.3 Å². The summed E-state index contributed by atoms with van der Waals surface area (Å²) in [6, 6.07) is 17.3. The van der Waals surface area contributed by atoms with Crippen LogP contribution in [0.15, 0.2) is 71.7 Å². The molecule has 7 nitrogen and oxygen atoms in total. The van der Waals surface area contributed by atoms with Gasteiger partial charge in [0.2, 0.25) is 0 Å². The van der Waals surface area contributed by atoms with Crippen molar-refractivity contribution in [2.75, 3.05) is 13.1 Å². The Morgan fingerprint density at radius 2 is 1.76 bits per heavy atom. The number of para-hydroxylation sites is 1. The highest BCUT2D eigenvalue weighted by Crippen LogP contribution is 2.32. The van der Waals surface area contributed by atoms with Crippen molar-refractivity contribution < 1.29 is 9.13 Å². The first-order valence-electron chi connectivity index (χ1n) is 11.0. The van der Waals surface area contributed by atoms with Crippen LogP contribution in [0, 0.1) is 5.82 Å². The van der Waals surface area contributed by atoms with Crippen LogP contribution < -0.4 is 15.6 Å². The smallest absolute Gasteiger partial charge is 0.322 e. The molecule has 8 heteroatoms. The maximum Gasteiger partial charge on any atom is 0.322 e. The monoisotopic (exact) mass is 445 g/mol. The fourth-order valence-corrected chi connectivity index (χ4v) is 4.37. The number of benzene rings is 2. The third-order valence-corrected chi connectivity index (χ3v) is 5.92. The maximum atomic E-state index is 13.7. The van der Waals surface area contributed by atoms with Gasteiger partial charge in [-0.1, -0.05) is 30.3 Å². The molecule has 0 atom stereocenters. The van der Waals surface area contributed by atoms with E-state index in [4.69, 9.17) is 4.74 Å². The van der Waals surface area contributed by atoms with Crippen LogP contribution in [0.2, 0.25) is 0 Å². The summed E-state index contributed by atoms with van der Waals surface area (Å²) in [5, 5.41) is 3.34. The van der Waals surface area contributed by atoms with Gasteiger partial charge in [-0.2, -0.15) is 4.98 Å². The standard InChI is InChI=1S/C25H24FN5O2/c1-30-23(21-13-16-28-25(29-21)33-20-5-3-2-4-6-20)22(17-7-9-18(26)10-8-17)24(32)31(30)19-11-14-27-15-12-19/h2-10,13,16,19,27H,11-12,14-15H2,1H3. The lowest BCUT2D eigenvalue weighted by Gasteiger charge is -2.25. The van der Waals surface area contributed by atoms with Crippen molar-refractivity contribution in [1.82, 2.24) is 24.6 Å². The molecule has 1 N–H and O–H groups in total. The van der Waals surface area contributed by atoms with Crippen LogP contribution in [-0.2, 0) is 7.05 Å². The van der Waals surface area contributed by atoms with Crippen LogP contribution in [0.25, 0.3) is 22.5 Å². The number of hydrogen-bond acceptors (Lipinski definition) is 5. The summed E-state index contributed by atoms with van der Waals surface area (Å²) < 4.78 is 23.1. The molecule has 0 spiro atoms. The molecular weight excluding hydrogens is 421 g/mol. The van der Waals surface area contributed by atoms with Gasteiger partial charge < -0.3 is 10.1 Å². The molecule has 4 aromatic rings. The van der Waals surface area contributed by atoms with Crippen LogP contribution in [0.1, 0.15) is 18.9 Å². The number of nitrogens with one attached hydrogen (secondary N) is 1. The first kappa shape index (κ1) is 21.1. The summed E-state index contributed by atoms with van der Waals surface area (Å²) >= 11 is 0. The van der Waals surface area contributed by atoms with Crippen molar-refractivity contribution in [1.29, 1.82) is 0 Å². The zero-order valence-corrected chi connectivity index (χ0v) is 18.2. The van der Waals surface area contributed by atoms with Gasteiger partial charge in [-0.15, -0.1) is 0 Å². The Morgan fingerprint density at radius 3 is 2.48 bits per heavy atom. The second-order valence-electron chi connectivity index (χ2n) is 8.02. The molecule has 0 radical (unpaired) electrons. The molecule has 2 aromatic carbocycles. The average molecular weight is 445 g/mol. The number of rotatable bonds is 5. The SMILES string of the molecule is Cn1c(-c2ccnc(Oc3ccccc3)n2)c(-c2ccc(F)cc2)c(=O)n1C1CCNCC1. The largest absolute Gasteiger partial charge is 0.424 e. The summed E-state index contributed by atoms with van der Waals surface area (Å²) in [4.78, 5) is 22.5. The molecule has 5 rings (SSSR count). The first-order chi connectivity index (χ1) is 16.1. The highest BCUT2D eigenvalue weighted by atomic mass is 19.1.